The zero-order valence-corrected chi connectivity index (χ0v) is 32.7. The summed E-state index contributed by atoms with van der Waals surface area (Å²) in [5.41, 5.74) is 9.58. The number of hydrogen-bond donors (Lipinski definition) is 0. The second-order valence-corrected chi connectivity index (χ2v) is 18.6. The number of benzene rings is 9. The van der Waals surface area contributed by atoms with Gasteiger partial charge in [0.25, 0.3) is 0 Å². The molecule has 57 heavy (non-hydrogen) atoms. The second kappa shape index (κ2) is 12.4. The number of rotatable bonds is 4. The van der Waals surface area contributed by atoms with Crippen molar-refractivity contribution in [3.63, 3.8) is 0 Å². The van der Waals surface area contributed by atoms with Crippen LogP contribution in [0.4, 0.5) is 0 Å². The Bertz CT molecular complexity index is 3110. The quantitative estimate of drug-likeness (QED) is 0.157. The molecule has 0 nitrogen and oxygen atoms in total. The molecule has 0 aliphatic heterocycles. The molecule has 0 N–H and O–H groups in total. The minimum Gasteiger partial charge on any atom is -0.135 e. The first-order chi connectivity index (χ1) is 28.3. The van der Waals surface area contributed by atoms with Crippen LogP contribution >= 0.6 is 11.3 Å². The monoisotopic (exact) mass is 746 g/mol. The van der Waals surface area contributed by atoms with Crippen molar-refractivity contribution in [3.05, 3.63) is 169 Å². The standard InChI is InChI=1S/C56H42S/c1-2-13-35(14-3-1)52-39-15-4-6-17-41(39)53(42-18-7-5-16-40(42)52)36-25-26-47-50(32-36)57-49-24-12-23-48(55(47)49)54-43-19-8-10-21-45(43)56(46-22-11-9-20-44(46)54)51-37-28-33-27-34(30-37)31-38(51)29-33/h1-26,32-34,37-38,51H,27-31H2. The molecular weight excluding hydrogens is 705 g/mol. The maximum absolute atomic E-state index is 2.48. The summed E-state index contributed by atoms with van der Waals surface area (Å²) in [6.07, 6.45) is 7.24. The van der Waals surface area contributed by atoms with E-state index < -0.39 is 0 Å². The number of fused-ring (bicyclic) bond motifs is 7. The summed E-state index contributed by atoms with van der Waals surface area (Å²) in [5.74, 6) is 4.28. The van der Waals surface area contributed by atoms with E-state index in [4.69, 9.17) is 0 Å². The molecule has 0 spiro atoms. The third-order valence-electron chi connectivity index (χ3n) is 14.6. The van der Waals surface area contributed by atoms with Crippen molar-refractivity contribution in [2.45, 2.75) is 38.0 Å². The van der Waals surface area contributed by atoms with Crippen molar-refractivity contribution in [2.24, 2.45) is 23.7 Å². The predicted octanol–water partition coefficient (Wildman–Crippen LogP) is 16.2. The van der Waals surface area contributed by atoms with Gasteiger partial charge >= 0.3 is 0 Å². The van der Waals surface area contributed by atoms with E-state index in [1.54, 1.807) is 5.56 Å². The molecule has 1 heterocycles. The Morgan fingerprint density at radius 1 is 0.351 bits per heavy atom. The summed E-state index contributed by atoms with van der Waals surface area (Å²) in [7, 11) is 0. The predicted molar refractivity (Wildman–Crippen MR) is 245 cm³/mol. The van der Waals surface area contributed by atoms with E-state index in [-0.39, 0.29) is 0 Å². The fraction of sp³-hybridized carbons (Fsp3) is 0.179. The van der Waals surface area contributed by atoms with E-state index in [0.29, 0.717) is 5.92 Å². The Balaban J connectivity index is 1.04. The molecule has 14 rings (SSSR count). The van der Waals surface area contributed by atoms with Crippen LogP contribution in [0.25, 0.3) is 96.6 Å². The van der Waals surface area contributed by atoms with E-state index in [9.17, 15) is 0 Å². The topological polar surface area (TPSA) is 0 Å². The van der Waals surface area contributed by atoms with Crippen molar-refractivity contribution >= 4 is 74.6 Å². The summed E-state index contributed by atoms with van der Waals surface area (Å²) in [5, 5.41) is 13.7. The number of hydrogen-bond acceptors (Lipinski definition) is 1. The first kappa shape index (κ1) is 32.3. The molecule has 1 heteroatoms. The van der Waals surface area contributed by atoms with Crippen LogP contribution in [-0.2, 0) is 0 Å². The second-order valence-electron chi connectivity index (χ2n) is 17.5. The molecule has 4 aliphatic carbocycles. The fourth-order valence-electron chi connectivity index (χ4n) is 12.8. The smallest absolute Gasteiger partial charge is 0.0361 e. The van der Waals surface area contributed by atoms with Crippen molar-refractivity contribution in [1.29, 1.82) is 0 Å². The molecule has 9 aromatic carbocycles. The Morgan fingerprint density at radius 2 is 0.842 bits per heavy atom. The van der Waals surface area contributed by atoms with Crippen LogP contribution < -0.4 is 0 Å². The Kier molecular flexibility index (Phi) is 7.02. The van der Waals surface area contributed by atoms with Gasteiger partial charge in [0, 0.05) is 20.2 Å². The van der Waals surface area contributed by atoms with Crippen molar-refractivity contribution in [2.75, 3.05) is 0 Å². The summed E-state index contributed by atoms with van der Waals surface area (Å²) < 4.78 is 2.70. The van der Waals surface area contributed by atoms with Crippen LogP contribution in [-0.4, -0.2) is 0 Å². The Labute approximate surface area is 337 Å². The lowest BCUT2D eigenvalue weighted by Crippen LogP contribution is -2.43. The molecule has 0 radical (unpaired) electrons. The minimum atomic E-state index is 0.673. The van der Waals surface area contributed by atoms with Gasteiger partial charge in [0.15, 0.2) is 0 Å². The maximum Gasteiger partial charge on any atom is 0.0361 e. The highest BCUT2D eigenvalue weighted by Crippen LogP contribution is 2.62. The first-order valence-corrected chi connectivity index (χ1v) is 22.0. The first-order valence-electron chi connectivity index (χ1n) is 21.1. The minimum absolute atomic E-state index is 0.673. The van der Waals surface area contributed by atoms with E-state index in [1.807, 2.05) is 11.3 Å². The van der Waals surface area contributed by atoms with Crippen LogP contribution in [0, 0.1) is 23.7 Å². The molecule has 4 fully saturated rings. The van der Waals surface area contributed by atoms with Gasteiger partial charge in [-0.2, -0.15) is 0 Å². The lowest BCUT2D eigenvalue weighted by molar-refractivity contribution is -0.00185. The van der Waals surface area contributed by atoms with E-state index in [2.05, 4.69) is 164 Å². The molecule has 0 unspecified atom stereocenters. The van der Waals surface area contributed by atoms with Gasteiger partial charge in [0.05, 0.1) is 0 Å². The average molecular weight is 747 g/mol. The zero-order valence-electron chi connectivity index (χ0n) is 31.9. The van der Waals surface area contributed by atoms with Crippen molar-refractivity contribution < 1.29 is 0 Å². The molecule has 1 aromatic heterocycles. The van der Waals surface area contributed by atoms with Gasteiger partial charge < -0.3 is 0 Å². The third kappa shape index (κ3) is 4.73. The van der Waals surface area contributed by atoms with Crippen molar-refractivity contribution in [3.8, 4) is 33.4 Å². The van der Waals surface area contributed by atoms with Crippen LogP contribution in [0.5, 0.6) is 0 Å². The van der Waals surface area contributed by atoms with Crippen molar-refractivity contribution in [1.82, 2.24) is 0 Å². The molecule has 10 aromatic rings. The molecule has 4 saturated carbocycles. The molecule has 4 bridgehead atoms. The highest BCUT2D eigenvalue weighted by atomic mass is 32.1. The molecule has 0 amide bonds. The average Bonchev–Trinajstić information content (AvgIpc) is 3.63. The van der Waals surface area contributed by atoms with Gasteiger partial charge in [0.1, 0.15) is 0 Å². The van der Waals surface area contributed by atoms with Gasteiger partial charge in [-0.15, -0.1) is 11.3 Å². The lowest BCUT2D eigenvalue weighted by atomic mass is 9.50. The van der Waals surface area contributed by atoms with Crippen LogP contribution in [0.3, 0.4) is 0 Å². The maximum atomic E-state index is 2.48. The van der Waals surface area contributed by atoms with E-state index in [1.165, 1.54) is 129 Å². The van der Waals surface area contributed by atoms with E-state index in [0.717, 1.165) is 23.7 Å². The fourth-order valence-corrected chi connectivity index (χ4v) is 13.9. The highest BCUT2D eigenvalue weighted by molar-refractivity contribution is 7.26. The van der Waals surface area contributed by atoms with Gasteiger partial charge in [-0.3, -0.25) is 0 Å². The largest absolute Gasteiger partial charge is 0.135 e. The molecule has 0 saturated heterocycles. The van der Waals surface area contributed by atoms with E-state index >= 15 is 0 Å². The van der Waals surface area contributed by atoms with Gasteiger partial charge in [-0.1, -0.05) is 152 Å². The summed E-state index contributed by atoms with van der Waals surface area (Å²) in [6.45, 7) is 0. The molecular formula is C56H42S. The molecule has 272 valence electrons. The summed E-state index contributed by atoms with van der Waals surface area (Å²) >= 11 is 1.94. The molecule has 0 atom stereocenters. The van der Waals surface area contributed by atoms with Gasteiger partial charge in [-0.05, 0) is 156 Å². The highest BCUT2D eigenvalue weighted by Gasteiger charge is 2.49. The summed E-state index contributed by atoms with van der Waals surface area (Å²) in [4.78, 5) is 0. The van der Waals surface area contributed by atoms with Crippen LogP contribution in [0.15, 0.2) is 164 Å². The molecule has 4 aliphatic rings. The van der Waals surface area contributed by atoms with Gasteiger partial charge in [-0.25, -0.2) is 0 Å². The van der Waals surface area contributed by atoms with Crippen LogP contribution in [0.1, 0.15) is 43.6 Å². The SMILES string of the molecule is c1ccc(-c2c3ccccc3c(-c3ccc4c(c3)sc3cccc(-c5c6ccccc6c(C6C7CC8CC(C7)CC6C8)c6ccccc56)c34)c3ccccc23)cc1. The Morgan fingerprint density at radius 3 is 1.40 bits per heavy atom. The zero-order chi connectivity index (χ0) is 37.2. The third-order valence-corrected chi connectivity index (χ3v) is 15.7. The normalized spacial score (nSPS) is 21.5. The Hall–Kier alpha value is -5.76. The summed E-state index contributed by atoms with van der Waals surface area (Å²) in [6, 6.07) is 62.2. The van der Waals surface area contributed by atoms with Crippen LogP contribution in [0.2, 0.25) is 0 Å². The van der Waals surface area contributed by atoms with Gasteiger partial charge in [0.2, 0.25) is 0 Å². The number of thiophene rings is 1. The lowest BCUT2D eigenvalue weighted by Gasteiger charge is -2.55.